The maximum absolute atomic E-state index is 5.46. The summed E-state index contributed by atoms with van der Waals surface area (Å²) in [7, 11) is 0. The van der Waals surface area contributed by atoms with Crippen LogP contribution in [0.2, 0.25) is 0 Å². The normalized spacial score (nSPS) is 19.7. The summed E-state index contributed by atoms with van der Waals surface area (Å²) in [6, 6.07) is 8.84. The topological polar surface area (TPSA) is 49.9 Å². The molecule has 0 bridgehead atoms. The van der Waals surface area contributed by atoms with Gasteiger partial charge in [-0.05, 0) is 30.5 Å². The second-order valence-corrected chi connectivity index (χ2v) is 4.60. The van der Waals surface area contributed by atoms with Crippen molar-refractivity contribution in [2.24, 2.45) is 0 Å². The summed E-state index contributed by atoms with van der Waals surface area (Å²) >= 11 is 0. The fraction of sp³-hybridized carbons (Fsp3) is 0.357. The minimum absolute atomic E-state index is 0.441. The summed E-state index contributed by atoms with van der Waals surface area (Å²) < 4.78 is 5.46. The molecule has 1 fully saturated rings. The zero-order valence-corrected chi connectivity index (χ0v) is 10.2. The van der Waals surface area contributed by atoms with Crippen LogP contribution in [0.4, 0.5) is 5.69 Å². The molecule has 4 heteroatoms. The molecule has 0 spiro atoms. The molecule has 0 amide bonds. The highest BCUT2D eigenvalue weighted by molar-refractivity contribution is 5.62. The molecule has 1 aliphatic rings. The second kappa shape index (κ2) is 5.23. The van der Waals surface area contributed by atoms with Crippen molar-refractivity contribution in [2.75, 3.05) is 18.5 Å². The number of rotatable bonds is 3. The highest BCUT2D eigenvalue weighted by atomic mass is 16.5. The van der Waals surface area contributed by atoms with Gasteiger partial charge >= 0.3 is 0 Å². The van der Waals surface area contributed by atoms with Crippen molar-refractivity contribution in [1.82, 2.24) is 9.97 Å². The van der Waals surface area contributed by atoms with Gasteiger partial charge in [-0.25, -0.2) is 4.98 Å². The van der Waals surface area contributed by atoms with Crippen LogP contribution in [0.25, 0.3) is 11.3 Å². The fourth-order valence-corrected chi connectivity index (χ4v) is 2.25. The first kappa shape index (κ1) is 11.3. The Hall–Kier alpha value is -1.81. The predicted octanol–water partition coefficient (Wildman–Crippen LogP) is 2.67. The molecule has 2 heterocycles. The summed E-state index contributed by atoms with van der Waals surface area (Å²) in [5.74, 6) is 0. The standard InChI is InChI=1S/C14H17N3O/c1-2-13(9-18-7-1)17-12-5-3-11(4-6-12)14-8-15-10-16-14/h3-6,8,10,13,17H,1-2,7,9H2,(H,15,16). The molecule has 3 rings (SSSR count). The van der Waals surface area contributed by atoms with Gasteiger partial charge in [0, 0.05) is 18.3 Å². The van der Waals surface area contributed by atoms with Crippen molar-refractivity contribution in [3.63, 3.8) is 0 Å². The third-order valence-electron chi connectivity index (χ3n) is 3.23. The molecule has 0 radical (unpaired) electrons. The number of hydrogen-bond acceptors (Lipinski definition) is 3. The van der Waals surface area contributed by atoms with Gasteiger partial charge in [-0.3, -0.25) is 0 Å². The number of ether oxygens (including phenoxy) is 1. The van der Waals surface area contributed by atoms with Crippen LogP contribution in [-0.4, -0.2) is 29.2 Å². The van der Waals surface area contributed by atoms with Crippen LogP contribution in [-0.2, 0) is 4.74 Å². The number of aromatic nitrogens is 2. The van der Waals surface area contributed by atoms with Gasteiger partial charge in [-0.2, -0.15) is 0 Å². The average molecular weight is 243 g/mol. The van der Waals surface area contributed by atoms with Crippen LogP contribution in [0.1, 0.15) is 12.8 Å². The molecule has 2 N–H and O–H groups in total. The Balaban J connectivity index is 1.67. The van der Waals surface area contributed by atoms with E-state index in [1.54, 1.807) is 6.33 Å². The van der Waals surface area contributed by atoms with E-state index in [-0.39, 0.29) is 0 Å². The van der Waals surface area contributed by atoms with E-state index in [2.05, 4.69) is 39.6 Å². The van der Waals surface area contributed by atoms with Crippen molar-refractivity contribution in [2.45, 2.75) is 18.9 Å². The SMILES string of the molecule is c1ncc(-c2ccc(NC3CCCOC3)cc2)[nH]1. The highest BCUT2D eigenvalue weighted by Crippen LogP contribution is 2.20. The van der Waals surface area contributed by atoms with Crippen molar-refractivity contribution >= 4 is 5.69 Å². The molecule has 18 heavy (non-hydrogen) atoms. The van der Waals surface area contributed by atoms with E-state index in [0.29, 0.717) is 6.04 Å². The summed E-state index contributed by atoms with van der Waals surface area (Å²) in [5.41, 5.74) is 3.34. The van der Waals surface area contributed by atoms with Gasteiger partial charge in [-0.15, -0.1) is 0 Å². The van der Waals surface area contributed by atoms with Gasteiger partial charge in [0.05, 0.1) is 24.8 Å². The number of nitrogens with one attached hydrogen (secondary N) is 2. The van der Waals surface area contributed by atoms with Crippen LogP contribution in [0, 0.1) is 0 Å². The molecule has 1 aliphatic heterocycles. The number of hydrogen-bond donors (Lipinski definition) is 2. The lowest BCUT2D eigenvalue weighted by Crippen LogP contribution is -2.29. The van der Waals surface area contributed by atoms with E-state index in [4.69, 9.17) is 4.74 Å². The zero-order chi connectivity index (χ0) is 12.2. The van der Waals surface area contributed by atoms with Crippen molar-refractivity contribution in [1.29, 1.82) is 0 Å². The van der Waals surface area contributed by atoms with E-state index in [0.717, 1.165) is 36.6 Å². The number of imidazole rings is 1. The zero-order valence-electron chi connectivity index (χ0n) is 10.2. The first-order chi connectivity index (χ1) is 8.92. The Bertz CT molecular complexity index is 472. The molecular weight excluding hydrogens is 226 g/mol. The van der Waals surface area contributed by atoms with Crippen molar-refractivity contribution < 1.29 is 4.74 Å². The van der Waals surface area contributed by atoms with Gasteiger partial charge in [-0.1, -0.05) is 12.1 Å². The van der Waals surface area contributed by atoms with Crippen molar-refractivity contribution in [3.05, 3.63) is 36.8 Å². The Morgan fingerprint density at radius 2 is 2.17 bits per heavy atom. The molecular formula is C14H17N3O. The minimum atomic E-state index is 0.441. The molecule has 0 saturated carbocycles. The van der Waals surface area contributed by atoms with Crippen LogP contribution < -0.4 is 5.32 Å². The van der Waals surface area contributed by atoms with Crippen LogP contribution >= 0.6 is 0 Å². The highest BCUT2D eigenvalue weighted by Gasteiger charge is 2.13. The maximum Gasteiger partial charge on any atom is 0.0924 e. The lowest BCUT2D eigenvalue weighted by atomic mass is 10.1. The molecule has 2 aromatic rings. The number of aromatic amines is 1. The van der Waals surface area contributed by atoms with E-state index < -0.39 is 0 Å². The van der Waals surface area contributed by atoms with Crippen molar-refractivity contribution in [3.8, 4) is 11.3 Å². The van der Waals surface area contributed by atoms with E-state index >= 15 is 0 Å². The molecule has 1 aromatic carbocycles. The van der Waals surface area contributed by atoms with Gasteiger partial charge in [0.1, 0.15) is 0 Å². The molecule has 94 valence electrons. The smallest absolute Gasteiger partial charge is 0.0924 e. The molecule has 1 unspecified atom stereocenters. The molecule has 0 aliphatic carbocycles. The summed E-state index contributed by atoms with van der Waals surface area (Å²) in [6.07, 6.45) is 5.85. The second-order valence-electron chi connectivity index (χ2n) is 4.60. The Morgan fingerprint density at radius 1 is 1.28 bits per heavy atom. The van der Waals surface area contributed by atoms with Gasteiger partial charge < -0.3 is 15.0 Å². The van der Waals surface area contributed by atoms with Gasteiger partial charge in [0.15, 0.2) is 0 Å². The number of benzene rings is 1. The maximum atomic E-state index is 5.46. The Kier molecular flexibility index (Phi) is 3.28. The molecule has 4 nitrogen and oxygen atoms in total. The number of anilines is 1. The quantitative estimate of drug-likeness (QED) is 0.871. The Morgan fingerprint density at radius 3 is 2.83 bits per heavy atom. The molecule has 1 atom stereocenters. The summed E-state index contributed by atoms with van der Waals surface area (Å²) in [5, 5.41) is 3.50. The lowest BCUT2D eigenvalue weighted by Gasteiger charge is -2.24. The van der Waals surface area contributed by atoms with Gasteiger partial charge in [0.2, 0.25) is 0 Å². The predicted molar refractivity (Wildman–Crippen MR) is 71.5 cm³/mol. The molecule has 1 aromatic heterocycles. The summed E-state index contributed by atoms with van der Waals surface area (Å²) in [4.78, 5) is 7.13. The number of nitrogens with zero attached hydrogens (tertiary/aromatic N) is 1. The lowest BCUT2D eigenvalue weighted by molar-refractivity contribution is 0.0876. The van der Waals surface area contributed by atoms with Gasteiger partial charge in [0.25, 0.3) is 0 Å². The van der Waals surface area contributed by atoms with Crippen LogP contribution in [0.15, 0.2) is 36.8 Å². The van der Waals surface area contributed by atoms with E-state index in [1.165, 1.54) is 6.42 Å². The fourth-order valence-electron chi connectivity index (χ4n) is 2.25. The summed E-state index contributed by atoms with van der Waals surface area (Å²) in [6.45, 7) is 1.71. The first-order valence-corrected chi connectivity index (χ1v) is 6.35. The third-order valence-corrected chi connectivity index (χ3v) is 3.23. The van der Waals surface area contributed by atoms with E-state index in [9.17, 15) is 0 Å². The Labute approximate surface area is 106 Å². The van der Waals surface area contributed by atoms with E-state index in [1.807, 2.05) is 6.20 Å². The van der Waals surface area contributed by atoms with Crippen LogP contribution in [0.3, 0.4) is 0 Å². The average Bonchev–Trinajstić information content (AvgIpc) is 2.95. The third kappa shape index (κ3) is 2.54. The van der Waals surface area contributed by atoms with Crippen LogP contribution in [0.5, 0.6) is 0 Å². The number of H-pyrrole nitrogens is 1. The monoisotopic (exact) mass is 243 g/mol. The largest absolute Gasteiger partial charge is 0.380 e. The minimum Gasteiger partial charge on any atom is -0.380 e. The first-order valence-electron chi connectivity index (χ1n) is 6.35. The molecule has 1 saturated heterocycles.